The number of methoxy groups -OCH3 is 1. The van der Waals surface area contributed by atoms with Crippen molar-refractivity contribution in [2.75, 3.05) is 12.4 Å². The highest BCUT2D eigenvalue weighted by molar-refractivity contribution is 7.18. The third-order valence-corrected chi connectivity index (χ3v) is 6.92. The van der Waals surface area contributed by atoms with Gasteiger partial charge in [-0.05, 0) is 39.8 Å². The number of amides is 1. The molecule has 1 amide bonds. The van der Waals surface area contributed by atoms with Crippen LogP contribution in [0.1, 0.15) is 43.2 Å². The second-order valence-electron chi connectivity index (χ2n) is 5.63. The van der Waals surface area contributed by atoms with Gasteiger partial charge in [0.05, 0.1) is 16.3 Å². The maximum Gasteiger partial charge on any atom is 0.269 e. The topological polar surface area (TPSA) is 64.1 Å². The third-order valence-electron chi connectivity index (χ3n) is 3.71. The molecule has 3 heterocycles. The number of aryl methyl sites for hydroxylation is 3. The van der Waals surface area contributed by atoms with Gasteiger partial charge < -0.3 is 4.74 Å². The van der Waals surface area contributed by atoms with E-state index in [0.717, 1.165) is 20.5 Å². The first-order valence-electron chi connectivity index (χ1n) is 7.74. The van der Waals surface area contributed by atoms with E-state index in [1.54, 1.807) is 18.4 Å². The summed E-state index contributed by atoms with van der Waals surface area (Å²) < 4.78 is 5.28. The molecule has 0 aliphatic rings. The molecule has 3 aromatic heterocycles. The van der Waals surface area contributed by atoms with Crippen LogP contribution in [0, 0.1) is 20.8 Å². The van der Waals surface area contributed by atoms with Gasteiger partial charge in [-0.1, -0.05) is 0 Å². The number of nitrogens with zero attached hydrogens (tertiary/aromatic N) is 2. The van der Waals surface area contributed by atoms with Gasteiger partial charge in [-0.25, -0.2) is 9.97 Å². The number of carbonyl (C=O) groups excluding carboxylic acids is 1. The van der Waals surface area contributed by atoms with E-state index in [2.05, 4.69) is 34.3 Å². The average Bonchev–Trinajstić information content (AvgIpc) is 3.25. The molecule has 3 rings (SSSR count). The molecule has 132 valence electrons. The molecule has 0 bridgehead atoms. The first-order valence-corrected chi connectivity index (χ1v) is 10.2. The van der Waals surface area contributed by atoms with E-state index in [0.29, 0.717) is 15.7 Å². The van der Waals surface area contributed by atoms with E-state index in [9.17, 15) is 4.79 Å². The molecule has 1 atom stereocenters. The van der Waals surface area contributed by atoms with Crippen LogP contribution in [0.4, 0.5) is 5.13 Å². The molecule has 0 aromatic carbocycles. The van der Waals surface area contributed by atoms with Crippen molar-refractivity contribution in [3.63, 3.8) is 0 Å². The summed E-state index contributed by atoms with van der Waals surface area (Å²) in [6.45, 7) is 7.85. The van der Waals surface area contributed by atoms with Gasteiger partial charge in [-0.3, -0.25) is 10.1 Å². The average molecular weight is 394 g/mol. The Labute approximate surface area is 158 Å². The molecule has 0 radical (unpaired) electrons. The van der Waals surface area contributed by atoms with Crippen molar-refractivity contribution in [1.29, 1.82) is 0 Å². The Morgan fingerprint density at radius 2 is 1.92 bits per heavy atom. The van der Waals surface area contributed by atoms with Crippen molar-refractivity contribution in [3.8, 4) is 10.6 Å². The molecule has 25 heavy (non-hydrogen) atoms. The van der Waals surface area contributed by atoms with Crippen LogP contribution in [0.2, 0.25) is 0 Å². The zero-order chi connectivity index (χ0) is 18.1. The smallest absolute Gasteiger partial charge is 0.269 e. The van der Waals surface area contributed by atoms with Gasteiger partial charge >= 0.3 is 0 Å². The SMILES string of the molecule is CO[C@@H](C)c1nc(C)c(C(=O)Nc2nc(-c3ccc(C)s3)c(C)s2)s1. The lowest BCUT2D eigenvalue weighted by atomic mass is 10.3. The quantitative estimate of drug-likeness (QED) is 0.646. The Morgan fingerprint density at radius 3 is 2.56 bits per heavy atom. The molecule has 5 nitrogen and oxygen atoms in total. The number of carbonyl (C=O) groups is 1. The van der Waals surface area contributed by atoms with Crippen LogP contribution in [-0.4, -0.2) is 23.0 Å². The van der Waals surface area contributed by atoms with E-state index in [1.807, 2.05) is 20.8 Å². The lowest BCUT2D eigenvalue weighted by molar-refractivity contribution is 0.103. The molecule has 8 heteroatoms. The zero-order valence-corrected chi connectivity index (χ0v) is 17.1. The van der Waals surface area contributed by atoms with Crippen LogP contribution in [0.3, 0.4) is 0 Å². The highest BCUT2D eigenvalue weighted by atomic mass is 32.1. The third kappa shape index (κ3) is 3.82. The van der Waals surface area contributed by atoms with Gasteiger partial charge in [-0.15, -0.1) is 34.0 Å². The van der Waals surface area contributed by atoms with Gasteiger partial charge in [0, 0.05) is 16.9 Å². The fourth-order valence-electron chi connectivity index (χ4n) is 2.30. The summed E-state index contributed by atoms with van der Waals surface area (Å²) >= 11 is 4.55. The fourth-order valence-corrected chi connectivity index (χ4v) is 5.09. The van der Waals surface area contributed by atoms with Crippen LogP contribution < -0.4 is 5.32 Å². The molecule has 0 saturated heterocycles. The summed E-state index contributed by atoms with van der Waals surface area (Å²) in [6, 6.07) is 4.15. The van der Waals surface area contributed by atoms with Gasteiger partial charge in [0.2, 0.25) is 0 Å². The maximum atomic E-state index is 12.6. The Morgan fingerprint density at radius 1 is 1.16 bits per heavy atom. The van der Waals surface area contributed by atoms with Crippen LogP contribution in [0.25, 0.3) is 10.6 Å². The Hall–Kier alpha value is -1.61. The van der Waals surface area contributed by atoms with E-state index in [-0.39, 0.29) is 12.0 Å². The highest BCUT2D eigenvalue weighted by Crippen LogP contribution is 2.35. The molecule has 0 aliphatic carbocycles. The minimum Gasteiger partial charge on any atom is -0.375 e. The number of thiazole rings is 2. The van der Waals surface area contributed by atoms with Crippen molar-refractivity contribution < 1.29 is 9.53 Å². The minimum absolute atomic E-state index is 0.124. The van der Waals surface area contributed by atoms with Crippen LogP contribution >= 0.6 is 34.0 Å². The molecule has 0 aliphatic heterocycles. The highest BCUT2D eigenvalue weighted by Gasteiger charge is 2.20. The first kappa shape index (κ1) is 18.2. The molecular weight excluding hydrogens is 374 g/mol. The van der Waals surface area contributed by atoms with E-state index in [1.165, 1.54) is 27.6 Å². The number of rotatable bonds is 5. The van der Waals surface area contributed by atoms with Crippen molar-refractivity contribution in [2.24, 2.45) is 0 Å². The van der Waals surface area contributed by atoms with Gasteiger partial charge in [-0.2, -0.15) is 0 Å². The lowest BCUT2D eigenvalue weighted by Gasteiger charge is -2.03. The standard InChI is InChI=1S/C17H19N3O2S3/c1-8-6-7-12(23-8)13-11(4)24-17(19-13)20-15(21)14-9(2)18-16(25-14)10(3)22-5/h6-7,10H,1-5H3,(H,19,20,21)/t10-/m0/s1. The summed E-state index contributed by atoms with van der Waals surface area (Å²) in [4.78, 5) is 25.7. The van der Waals surface area contributed by atoms with E-state index in [4.69, 9.17) is 4.74 Å². The maximum absolute atomic E-state index is 12.6. The summed E-state index contributed by atoms with van der Waals surface area (Å²) in [6.07, 6.45) is -0.124. The number of ether oxygens (including phenoxy) is 1. The first-order chi connectivity index (χ1) is 11.9. The van der Waals surface area contributed by atoms with Crippen molar-refractivity contribution in [3.05, 3.63) is 37.5 Å². The van der Waals surface area contributed by atoms with E-state index < -0.39 is 0 Å². The normalized spacial score (nSPS) is 12.4. The van der Waals surface area contributed by atoms with E-state index >= 15 is 0 Å². The van der Waals surface area contributed by atoms with Crippen LogP contribution in [0.5, 0.6) is 0 Å². The van der Waals surface area contributed by atoms with Crippen LogP contribution in [0.15, 0.2) is 12.1 Å². The zero-order valence-electron chi connectivity index (χ0n) is 14.7. The number of aromatic nitrogens is 2. The second kappa shape index (κ2) is 7.33. The van der Waals surface area contributed by atoms with Gasteiger partial charge in [0.25, 0.3) is 5.91 Å². The number of hydrogen-bond acceptors (Lipinski definition) is 7. The van der Waals surface area contributed by atoms with Crippen LogP contribution in [-0.2, 0) is 4.74 Å². The monoisotopic (exact) mass is 393 g/mol. The Kier molecular flexibility index (Phi) is 5.33. The largest absolute Gasteiger partial charge is 0.375 e. The summed E-state index contributed by atoms with van der Waals surface area (Å²) in [5.74, 6) is -0.174. The molecule has 0 unspecified atom stereocenters. The Balaban J connectivity index is 1.81. The van der Waals surface area contributed by atoms with Crippen molar-refractivity contribution in [2.45, 2.75) is 33.8 Å². The fraction of sp³-hybridized carbons (Fsp3) is 0.353. The molecular formula is C17H19N3O2S3. The minimum atomic E-state index is -0.174. The van der Waals surface area contributed by atoms with Crippen molar-refractivity contribution in [1.82, 2.24) is 9.97 Å². The number of anilines is 1. The predicted molar refractivity (Wildman–Crippen MR) is 105 cm³/mol. The molecule has 0 saturated carbocycles. The Bertz CT molecular complexity index is 910. The second-order valence-corrected chi connectivity index (χ2v) is 9.15. The summed E-state index contributed by atoms with van der Waals surface area (Å²) in [5, 5.41) is 4.32. The number of hydrogen-bond donors (Lipinski definition) is 1. The lowest BCUT2D eigenvalue weighted by Crippen LogP contribution is -2.11. The molecule has 1 N–H and O–H groups in total. The summed E-state index contributed by atoms with van der Waals surface area (Å²) in [5.41, 5.74) is 1.65. The molecule has 0 spiro atoms. The van der Waals surface area contributed by atoms with Crippen molar-refractivity contribution >= 4 is 45.0 Å². The molecule has 3 aromatic rings. The number of thiophene rings is 1. The molecule has 0 fully saturated rings. The van der Waals surface area contributed by atoms with Gasteiger partial charge in [0.15, 0.2) is 5.13 Å². The van der Waals surface area contributed by atoms with Gasteiger partial charge in [0.1, 0.15) is 16.0 Å². The summed E-state index contributed by atoms with van der Waals surface area (Å²) in [7, 11) is 1.63. The number of nitrogens with one attached hydrogen (secondary N) is 1. The predicted octanol–water partition coefficient (Wildman–Crippen LogP) is 5.21.